The number of rotatable bonds is 3. The number of ether oxygens (including phenoxy) is 1. The van der Waals surface area contributed by atoms with Gasteiger partial charge < -0.3 is 4.74 Å². The number of carbonyl (C=O) groups excluding carboxylic acids is 3. The Bertz CT molecular complexity index is 654. The molecular weight excluding hydrogens is 386 g/mol. The highest BCUT2D eigenvalue weighted by atomic mass is 79.9. The van der Waals surface area contributed by atoms with E-state index >= 15 is 0 Å². The van der Waals surface area contributed by atoms with E-state index in [4.69, 9.17) is 16.3 Å². The van der Waals surface area contributed by atoms with Crippen LogP contribution >= 0.6 is 27.5 Å². The molecule has 1 aromatic carbocycles. The number of likely N-dealkylation sites (tertiary alicyclic amines) is 1. The Hall–Kier alpha value is -1.40. The van der Waals surface area contributed by atoms with E-state index in [9.17, 15) is 14.4 Å². The molecule has 1 saturated heterocycles. The first-order chi connectivity index (χ1) is 11.0. The van der Waals surface area contributed by atoms with Gasteiger partial charge in [0.1, 0.15) is 12.3 Å². The molecule has 1 heterocycles. The summed E-state index contributed by atoms with van der Waals surface area (Å²) in [6.07, 6.45) is 3.35. The lowest BCUT2D eigenvalue weighted by molar-refractivity contribution is -0.148. The standard InChI is InChI=1S/C16H15BrClNO4/c17-9-5-6-13(12(18)7-9)23-14(20)8-19-15(21)10-3-1-2-4-11(10)16(19)22/h5-7,10-11H,1-4,8H2/t10-,11-/m0/s1. The summed E-state index contributed by atoms with van der Waals surface area (Å²) in [7, 11) is 0. The second kappa shape index (κ2) is 6.61. The van der Waals surface area contributed by atoms with Crippen LogP contribution in [0.2, 0.25) is 5.02 Å². The average Bonchev–Trinajstić information content (AvgIpc) is 2.76. The normalized spacial score (nSPS) is 23.8. The van der Waals surface area contributed by atoms with E-state index in [1.165, 1.54) is 0 Å². The Kier molecular flexibility index (Phi) is 4.73. The largest absolute Gasteiger partial charge is 0.424 e. The van der Waals surface area contributed by atoms with Crippen LogP contribution in [0.4, 0.5) is 0 Å². The summed E-state index contributed by atoms with van der Waals surface area (Å²) < 4.78 is 5.93. The minimum Gasteiger partial charge on any atom is -0.424 e. The van der Waals surface area contributed by atoms with Gasteiger partial charge in [-0.2, -0.15) is 0 Å². The molecule has 0 unspecified atom stereocenters. The van der Waals surface area contributed by atoms with Crippen molar-refractivity contribution < 1.29 is 19.1 Å². The van der Waals surface area contributed by atoms with E-state index < -0.39 is 5.97 Å². The lowest BCUT2D eigenvalue weighted by Gasteiger charge is -2.19. The fraction of sp³-hybridized carbons (Fsp3) is 0.438. The summed E-state index contributed by atoms with van der Waals surface area (Å²) >= 11 is 9.25. The fourth-order valence-corrected chi connectivity index (χ4v) is 3.94. The van der Waals surface area contributed by atoms with Gasteiger partial charge in [0.2, 0.25) is 11.8 Å². The smallest absolute Gasteiger partial charge is 0.331 e. The molecule has 7 heteroatoms. The molecule has 1 aliphatic heterocycles. The molecule has 0 spiro atoms. The van der Waals surface area contributed by atoms with Crippen molar-refractivity contribution in [1.29, 1.82) is 0 Å². The van der Waals surface area contributed by atoms with Crippen LogP contribution in [0.5, 0.6) is 5.75 Å². The fourth-order valence-electron chi connectivity index (χ4n) is 3.23. The summed E-state index contributed by atoms with van der Waals surface area (Å²) in [6, 6.07) is 4.85. The van der Waals surface area contributed by atoms with Crippen molar-refractivity contribution in [2.75, 3.05) is 6.54 Å². The van der Waals surface area contributed by atoms with Gasteiger partial charge >= 0.3 is 5.97 Å². The molecule has 1 aliphatic carbocycles. The van der Waals surface area contributed by atoms with Crippen LogP contribution in [0, 0.1) is 11.8 Å². The zero-order valence-electron chi connectivity index (χ0n) is 12.3. The minimum atomic E-state index is -0.672. The van der Waals surface area contributed by atoms with Crippen molar-refractivity contribution in [3.8, 4) is 5.75 Å². The molecule has 0 N–H and O–H groups in total. The quantitative estimate of drug-likeness (QED) is 0.444. The highest BCUT2D eigenvalue weighted by Gasteiger charge is 2.48. The van der Waals surface area contributed by atoms with Crippen LogP contribution in [0.15, 0.2) is 22.7 Å². The number of halogens is 2. The molecule has 2 atom stereocenters. The Morgan fingerprint density at radius 1 is 1.22 bits per heavy atom. The molecule has 2 fully saturated rings. The van der Waals surface area contributed by atoms with Crippen LogP contribution in [0.25, 0.3) is 0 Å². The molecule has 1 aromatic rings. The Balaban J connectivity index is 1.68. The molecule has 1 saturated carbocycles. The molecule has 0 aromatic heterocycles. The van der Waals surface area contributed by atoms with E-state index in [-0.39, 0.29) is 41.0 Å². The summed E-state index contributed by atoms with van der Waals surface area (Å²) in [5.74, 6) is -1.50. The van der Waals surface area contributed by atoms with E-state index in [0.717, 1.165) is 35.1 Å². The maximum atomic E-state index is 12.3. The van der Waals surface area contributed by atoms with Gasteiger partial charge in [-0.25, -0.2) is 4.79 Å². The number of carbonyl (C=O) groups is 3. The molecular formula is C16H15BrClNO4. The third-order valence-corrected chi connectivity index (χ3v) is 5.13. The van der Waals surface area contributed by atoms with Crippen LogP contribution in [0.1, 0.15) is 25.7 Å². The summed E-state index contributed by atoms with van der Waals surface area (Å²) in [4.78, 5) is 37.7. The molecule has 2 aliphatic rings. The first kappa shape index (κ1) is 16.5. The molecule has 2 amide bonds. The molecule has 5 nitrogen and oxygen atoms in total. The number of benzene rings is 1. The van der Waals surface area contributed by atoms with Gasteiger partial charge in [0, 0.05) is 4.47 Å². The molecule has 23 heavy (non-hydrogen) atoms. The second-order valence-corrected chi connectivity index (χ2v) is 7.13. The van der Waals surface area contributed by atoms with E-state index in [0.29, 0.717) is 0 Å². The zero-order valence-corrected chi connectivity index (χ0v) is 14.6. The predicted molar refractivity (Wildman–Crippen MR) is 87.0 cm³/mol. The summed E-state index contributed by atoms with van der Waals surface area (Å²) in [5, 5.41) is 0.278. The highest BCUT2D eigenvalue weighted by Crippen LogP contribution is 2.38. The number of amides is 2. The van der Waals surface area contributed by atoms with Crippen molar-refractivity contribution in [2.24, 2.45) is 11.8 Å². The predicted octanol–water partition coefficient (Wildman–Crippen LogP) is 3.18. The first-order valence-electron chi connectivity index (χ1n) is 7.48. The lowest BCUT2D eigenvalue weighted by atomic mass is 9.81. The average molecular weight is 401 g/mol. The van der Waals surface area contributed by atoms with Crippen molar-refractivity contribution in [2.45, 2.75) is 25.7 Å². The topological polar surface area (TPSA) is 63.7 Å². The Morgan fingerprint density at radius 2 is 1.83 bits per heavy atom. The van der Waals surface area contributed by atoms with Crippen molar-refractivity contribution in [3.63, 3.8) is 0 Å². The Labute approximate surface area is 147 Å². The highest BCUT2D eigenvalue weighted by molar-refractivity contribution is 9.10. The van der Waals surface area contributed by atoms with Gasteiger partial charge in [-0.1, -0.05) is 40.4 Å². The van der Waals surface area contributed by atoms with Gasteiger partial charge in [-0.3, -0.25) is 14.5 Å². The number of nitrogens with zero attached hydrogens (tertiary/aromatic N) is 1. The molecule has 0 bridgehead atoms. The van der Waals surface area contributed by atoms with Crippen LogP contribution in [0.3, 0.4) is 0 Å². The SMILES string of the molecule is O=C(CN1C(=O)[C@H]2CCCC[C@@H]2C1=O)Oc1ccc(Br)cc1Cl. The number of hydrogen-bond donors (Lipinski definition) is 0. The van der Waals surface area contributed by atoms with Crippen molar-refractivity contribution >= 4 is 45.3 Å². The van der Waals surface area contributed by atoms with Crippen molar-refractivity contribution in [1.82, 2.24) is 4.90 Å². The first-order valence-corrected chi connectivity index (χ1v) is 8.65. The Morgan fingerprint density at radius 3 is 2.39 bits per heavy atom. The molecule has 122 valence electrons. The minimum absolute atomic E-state index is 0.205. The van der Waals surface area contributed by atoms with Crippen LogP contribution in [-0.4, -0.2) is 29.2 Å². The lowest BCUT2D eigenvalue weighted by Crippen LogP contribution is -2.37. The van der Waals surface area contributed by atoms with Gasteiger partial charge in [-0.15, -0.1) is 0 Å². The summed E-state index contributed by atoms with van der Waals surface area (Å²) in [6.45, 7) is -0.364. The number of hydrogen-bond acceptors (Lipinski definition) is 4. The third kappa shape index (κ3) is 3.28. The zero-order chi connectivity index (χ0) is 16.6. The molecule has 0 radical (unpaired) electrons. The van der Waals surface area contributed by atoms with E-state index in [1.807, 2.05) is 0 Å². The van der Waals surface area contributed by atoms with Crippen molar-refractivity contribution in [3.05, 3.63) is 27.7 Å². The van der Waals surface area contributed by atoms with Crippen LogP contribution in [-0.2, 0) is 14.4 Å². The van der Waals surface area contributed by atoms with Gasteiger partial charge in [-0.05, 0) is 31.0 Å². The van der Waals surface area contributed by atoms with Gasteiger partial charge in [0.15, 0.2) is 0 Å². The third-order valence-electron chi connectivity index (χ3n) is 4.34. The number of fused-ring (bicyclic) bond motifs is 1. The number of imide groups is 1. The maximum Gasteiger partial charge on any atom is 0.331 e. The summed E-state index contributed by atoms with van der Waals surface area (Å²) in [5.41, 5.74) is 0. The van der Waals surface area contributed by atoms with Gasteiger partial charge in [0.05, 0.1) is 16.9 Å². The van der Waals surface area contributed by atoms with E-state index in [2.05, 4.69) is 15.9 Å². The van der Waals surface area contributed by atoms with Crippen LogP contribution < -0.4 is 4.74 Å². The van der Waals surface area contributed by atoms with Gasteiger partial charge in [0.25, 0.3) is 0 Å². The molecule has 3 rings (SSSR count). The number of esters is 1. The van der Waals surface area contributed by atoms with E-state index in [1.54, 1.807) is 18.2 Å². The maximum absolute atomic E-state index is 12.3. The second-order valence-electron chi connectivity index (χ2n) is 5.81. The monoisotopic (exact) mass is 399 g/mol.